The quantitative estimate of drug-likeness (QED) is 0.412. The zero-order valence-corrected chi connectivity index (χ0v) is 17.1. The van der Waals surface area contributed by atoms with E-state index in [1.54, 1.807) is 12.5 Å². The molecule has 0 unspecified atom stereocenters. The van der Waals surface area contributed by atoms with Gasteiger partial charge in [0.1, 0.15) is 5.75 Å². The van der Waals surface area contributed by atoms with Crippen LogP contribution < -0.4 is 9.80 Å². The fourth-order valence-corrected chi connectivity index (χ4v) is 3.88. The summed E-state index contributed by atoms with van der Waals surface area (Å²) in [6.45, 7) is 0.613. The molecule has 0 bridgehead atoms. The molecule has 0 N–H and O–H groups in total. The minimum absolute atomic E-state index is 0.0274. The van der Waals surface area contributed by atoms with Crippen molar-refractivity contribution >= 4 is 44.9 Å². The highest BCUT2D eigenvalue weighted by Crippen LogP contribution is 2.28. The van der Waals surface area contributed by atoms with E-state index < -0.39 is 5.91 Å². The van der Waals surface area contributed by atoms with Gasteiger partial charge >= 0.3 is 0 Å². The molecule has 8 heteroatoms. The molecule has 1 amide bonds. The van der Waals surface area contributed by atoms with Gasteiger partial charge in [0.25, 0.3) is 0 Å². The number of halogens is 1. The van der Waals surface area contributed by atoms with E-state index in [4.69, 9.17) is 16.3 Å². The molecular weight excluding hydrogens is 410 g/mol. The van der Waals surface area contributed by atoms with Gasteiger partial charge in [0, 0.05) is 40.2 Å². The topological polar surface area (TPSA) is 70.4 Å². The van der Waals surface area contributed by atoms with E-state index >= 15 is 0 Å². The first kappa shape index (κ1) is 19.4. The number of hydrogen-bond acceptors (Lipinski definition) is 5. The Kier molecular flexibility index (Phi) is 5.53. The summed E-state index contributed by atoms with van der Waals surface area (Å²) in [4.78, 5) is 16.5. The molecule has 0 fully saturated rings. The van der Waals surface area contributed by atoms with Gasteiger partial charge in [-0.05, 0) is 41.5 Å². The number of hydrogen-bond donors (Lipinski definition) is 0. The van der Waals surface area contributed by atoms with Crippen LogP contribution >= 0.6 is 22.9 Å². The van der Waals surface area contributed by atoms with Crippen molar-refractivity contribution in [3.8, 4) is 5.75 Å². The fourth-order valence-electron chi connectivity index (χ4n) is 3.19. The Labute approximate surface area is 176 Å². The number of ether oxygens (including phenoxy) is 1. The SMILES string of the molecule is COc1ccc2c(c1)c(CC(=O)N([O-])c1nccs1)cn2Cc1ccc(Cl)cc1. The Morgan fingerprint density at radius 1 is 1.28 bits per heavy atom. The molecule has 148 valence electrons. The second-order valence-corrected chi connectivity index (χ2v) is 7.78. The summed E-state index contributed by atoms with van der Waals surface area (Å²) in [5.74, 6) is 0.127. The number of carbonyl (C=O) groups is 1. The lowest BCUT2D eigenvalue weighted by atomic mass is 10.1. The summed E-state index contributed by atoms with van der Waals surface area (Å²) in [7, 11) is 1.60. The number of hydroxylamine groups is 1. The summed E-state index contributed by atoms with van der Waals surface area (Å²) in [6, 6.07) is 13.3. The van der Waals surface area contributed by atoms with E-state index in [1.807, 2.05) is 48.7 Å². The van der Waals surface area contributed by atoms with Crippen molar-refractivity contribution in [2.75, 3.05) is 12.2 Å². The molecule has 6 nitrogen and oxygen atoms in total. The molecule has 2 aromatic heterocycles. The van der Waals surface area contributed by atoms with Gasteiger partial charge in [0.05, 0.1) is 13.5 Å². The summed E-state index contributed by atoms with van der Waals surface area (Å²) < 4.78 is 7.39. The van der Waals surface area contributed by atoms with Crippen LogP contribution in [0, 0.1) is 5.21 Å². The molecule has 0 saturated carbocycles. The zero-order chi connectivity index (χ0) is 20.4. The third-order valence-corrected chi connectivity index (χ3v) is 5.59. The van der Waals surface area contributed by atoms with Gasteiger partial charge in [-0.1, -0.05) is 23.7 Å². The van der Waals surface area contributed by atoms with Gasteiger partial charge in [-0.3, -0.25) is 4.79 Å². The van der Waals surface area contributed by atoms with Crippen molar-refractivity contribution in [1.82, 2.24) is 9.55 Å². The maximum Gasteiger partial charge on any atom is 0.222 e. The lowest BCUT2D eigenvalue weighted by Crippen LogP contribution is -2.25. The molecule has 0 aliphatic heterocycles. The number of thiazole rings is 1. The molecule has 29 heavy (non-hydrogen) atoms. The Bertz CT molecular complexity index is 1140. The van der Waals surface area contributed by atoms with Crippen LogP contribution in [0.15, 0.2) is 60.2 Å². The lowest BCUT2D eigenvalue weighted by Gasteiger charge is -2.24. The Hall–Kier alpha value is -2.87. The smallest absolute Gasteiger partial charge is 0.222 e. The lowest BCUT2D eigenvalue weighted by molar-refractivity contribution is -0.117. The predicted octanol–water partition coefficient (Wildman–Crippen LogP) is 4.88. The molecule has 0 aliphatic carbocycles. The van der Waals surface area contributed by atoms with Crippen LogP contribution in [0.1, 0.15) is 11.1 Å². The van der Waals surface area contributed by atoms with Crippen molar-refractivity contribution in [3.05, 3.63) is 81.6 Å². The first-order valence-corrected chi connectivity index (χ1v) is 10.1. The predicted molar refractivity (Wildman–Crippen MR) is 116 cm³/mol. The first-order chi connectivity index (χ1) is 14.0. The minimum Gasteiger partial charge on any atom is -0.750 e. The van der Waals surface area contributed by atoms with E-state index in [1.165, 1.54) is 6.20 Å². The number of rotatable bonds is 6. The molecule has 0 radical (unpaired) electrons. The largest absolute Gasteiger partial charge is 0.750 e. The Balaban J connectivity index is 1.68. The van der Waals surface area contributed by atoms with Crippen LogP contribution in [-0.4, -0.2) is 22.6 Å². The van der Waals surface area contributed by atoms with Crippen molar-refractivity contribution < 1.29 is 9.53 Å². The molecule has 0 aliphatic rings. The Morgan fingerprint density at radius 2 is 2.07 bits per heavy atom. The number of methoxy groups -OCH3 is 1. The third-order valence-electron chi connectivity index (χ3n) is 4.60. The molecule has 2 heterocycles. The number of benzene rings is 2. The Morgan fingerprint density at radius 3 is 2.76 bits per heavy atom. The molecule has 0 saturated heterocycles. The average Bonchev–Trinajstić information content (AvgIpc) is 3.38. The van der Waals surface area contributed by atoms with Crippen molar-refractivity contribution in [2.24, 2.45) is 0 Å². The van der Waals surface area contributed by atoms with Gasteiger partial charge in [0.2, 0.25) is 5.91 Å². The average molecular weight is 427 g/mol. The van der Waals surface area contributed by atoms with Crippen LogP contribution in [-0.2, 0) is 17.8 Å². The summed E-state index contributed by atoms with van der Waals surface area (Å²) in [6.07, 6.45) is 3.38. The number of carbonyl (C=O) groups excluding carboxylic acids is 1. The van der Waals surface area contributed by atoms with Crippen molar-refractivity contribution in [3.63, 3.8) is 0 Å². The number of fused-ring (bicyclic) bond motifs is 1. The monoisotopic (exact) mass is 426 g/mol. The summed E-state index contributed by atoms with van der Waals surface area (Å²) >= 11 is 7.11. The van der Waals surface area contributed by atoms with Crippen molar-refractivity contribution in [1.29, 1.82) is 0 Å². The third kappa shape index (κ3) is 4.12. The number of nitrogens with zero attached hydrogens (tertiary/aromatic N) is 3. The van der Waals surface area contributed by atoms with Crippen LogP contribution in [0.4, 0.5) is 5.13 Å². The maximum atomic E-state index is 12.5. The first-order valence-electron chi connectivity index (χ1n) is 8.85. The van der Waals surface area contributed by atoms with Crippen LogP contribution in [0.2, 0.25) is 5.02 Å². The summed E-state index contributed by atoms with van der Waals surface area (Å²) in [5, 5.41) is 16.0. The highest BCUT2D eigenvalue weighted by atomic mass is 35.5. The molecule has 4 rings (SSSR count). The van der Waals surface area contributed by atoms with Gasteiger partial charge in [0.15, 0.2) is 5.13 Å². The van der Waals surface area contributed by atoms with E-state index in [0.29, 0.717) is 22.4 Å². The van der Waals surface area contributed by atoms with Crippen LogP contribution in [0.3, 0.4) is 0 Å². The summed E-state index contributed by atoms with van der Waals surface area (Å²) in [5.41, 5.74) is 2.79. The van der Waals surface area contributed by atoms with Gasteiger partial charge in [-0.15, -0.1) is 11.3 Å². The highest BCUT2D eigenvalue weighted by molar-refractivity contribution is 7.13. The van der Waals surface area contributed by atoms with Crippen molar-refractivity contribution in [2.45, 2.75) is 13.0 Å². The second kappa shape index (κ2) is 8.24. The highest BCUT2D eigenvalue weighted by Gasteiger charge is 2.16. The molecule has 2 aromatic carbocycles. The number of anilines is 1. The van der Waals surface area contributed by atoms with Crippen LogP contribution in [0.5, 0.6) is 5.75 Å². The molecular formula is C21H17ClN3O3S-. The van der Waals surface area contributed by atoms with Gasteiger partial charge in [-0.25, -0.2) is 4.98 Å². The maximum absolute atomic E-state index is 12.5. The van der Waals surface area contributed by atoms with Crippen LogP contribution in [0.25, 0.3) is 10.9 Å². The minimum atomic E-state index is -0.562. The van der Waals surface area contributed by atoms with E-state index in [0.717, 1.165) is 33.4 Å². The van der Waals surface area contributed by atoms with Gasteiger partial charge in [-0.2, -0.15) is 0 Å². The zero-order valence-electron chi connectivity index (χ0n) is 15.5. The second-order valence-electron chi connectivity index (χ2n) is 6.47. The molecule has 0 atom stereocenters. The number of aromatic nitrogens is 2. The van der Waals surface area contributed by atoms with E-state index in [2.05, 4.69) is 9.55 Å². The number of amides is 1. The van der Waals surface area contributed by atoms with Gasteiger partial charge < -0.3 is 19.6 Å². The fraction of sp³-hybridized carbons (Fsp3) is 0.143. The van der Waals surface area contributed by atoms with E-state index in [9.17, 15) is 10.0 Å². The standard InChI is InChI=1S/C21H17ClN3O3S/c1-28-17-6-7-19-18(11-17)15(10-20(26)25(27)21-23-8-9-29-21)13-24(19)12-14-2-4-16(22)5-3-14/h2-9,11,13H,10,12H2,1H3/q-1. The van der Waals surface area contributed by atoms with E-state index in [-0.39, 0.29) is 11.6 Å². The molecule has 0 spiro atoms. The normalized spacial score (nSPS) is 11.0. The molecule has 4 aromatic rings.